The third kappa shape index (κ3) is 1.78. The number of rotatable bonds is 2. The molecule has 0 radical (unpaired) electrons. The first-order valence-corrected chi connectivity index (χ1v) is 7.57. The lowest BCUT2D eigenvalue weighted by atomic mass is 9.70. The second kappa shape index (κ2) is 4.19. The monoisotopic (exact) mass is 255 g/mol. The quantitative estimate of drug-likeness (QED) is 0.702. The Labute approximate surface area is 117 Å². The fourth-order valence-corrected chi connectivity index (χ4v) is 4.16. The lowest BCUT2D eigenvalue weighted by Gasteiger charge is -2.35. The van der Waals surface area contributed by atoms with Crippen LogP contribution in [0.25, 0.3) is 0 Å². The van der Waals surface area contributed by atoms with Gasteiger partial charge in [-0.25, -0.2) is 0 Å². The van der Waals surface area contributed by atoms with Crippen LogP contribution in [0, 0.1) is 16.7 Å². The summed E-state index contributed by atoms with van der Waals surface area (Å²) in [6.07, 6.45) is 3.94. The molecule has 0 saturated heterocycles. The van der Waals surface area contributed by atoms with Gasteiger partial charge in [0.1, 0.15) is 0 Å². The van der Waals surface area contributed by atoms with Gasteiger partial charge in [0, 0.05) is 11.1 Å². The SMILES string of the molecule is C[C@H](N=C1C[C@H]2CC[C@]1(C)C2(C)C)c1ccccc1. The molecule has 0 aromatic heterocycles. The summed E-state index contributed by atoms with van der Waals surface area (Å²) < 4.78 is 0. The Morgan fingerprint density at radius 2 is 1.84 bits per heavy atom. The van der Waals surface area contributed by atoms with Gasteiger partial charge in [-0.2, -0.15) is 0 Å². The molecule has 0 spiro atoms. The van der Waals surface area contributed by atoms with Gasteiger partial charge < -0.3 is 0 Å². The van der Waals surface area contributed by atoms with E-state index < -0.39 is 0 Å². The van der Waals surface area contributed by atoms with E-state index in [9.17, 15) is 0 Å². The summed E-state index contributed by atoms with van der Waals surface area (Å²) in [5.41, 5.74) is 3.58. The first kappa shape index (κ1) is 12.9. The minimum Gasteiger partial charge on any atom is -0.286 e. The van der Waals surface area contributed by atoms with Crippen molar-refractivity contribution in [2.24, 2.45) is 21.7 Å². The van der Waals surface area contributed by atoms with Crippen molar-refractivity contribution in [3.05, 3.63) is 35.9 Å². The van der Waals surface area contributed by atoms with Crippen LogP contribution in [0.5, 0.6) is 0 Å². The molecule has 2 saturated carbocycles. The zero-order chi connectivity index (χ0) is 13.7. The maximum absolute atomic E-state index is 5.11. The van der Waals surface area contributed by atoms with Crippen LogP contribution in [0.2, 0.25) is 0 Å². The minimum absolute atomic E-state index is 0.295. The van der Waals surface area contributed by atoms with Crippen LogP contribution in [0.1, 0.15) is 58.6 Å². The molecular formula is C18H25N. The van der Waals surface area contributed by atoms with Gasteiger partial charge in [-0.15, -0.1) is 0 Å². The van der Waals surface area contributed by atoms with Gasteiger partial charge in [0.25, 0.3) is 0 Å². The summed E-state index contributed by atoms with van der Waals surface area (Å²) in [6.45, 7) is 9.56. The Morgan fingerprint density at radius 3 is 2.37 bits per heavy atom. The van der Waals surface area contributed by atoms with Crippen molar-refractivity contribution >= 4 is 5.71 Å². The summed E-state index contributed by atoms with van der Waals surface area (Å²) in [5.74, 6) is 0.847. The molecule has 3 atom stereocenters. The molecule has 0 N–H and O–H groups in total. The van der Waals surface area contributed by atoms with Crippen molar-refractivity contribution in [3.63, 3.8) is 0 Å². The third-order valence-electron chi connectivity index (χ3n) is 6.14. The van der Waals surface area contributed by atoms with Gasteiger partial charge in [0.05, 0.1) is 6.04 Å². The van der Waals surface area contributed by atoms with E-state index in [4.69, 9.17) is 4.99 Å². The maximum atomic E-state index is 5.11. The number of hydrogen-bond donors (Lipinski definition) is 0. The predicted octanol–water partition coefficient (Wildman–Crippen LogP) is 5.03. The van der Waals surface area contributed by atoms with Crippen LogP contribution >= 0.6 is 0 Å². The summed E-state index contributed by atoms with van der Waals surface area (Å²) in [5, 5.41) is 0. The van der Waals surface area contributed by atoms with Crippen LogP contribution in [0.4, 0.5) is 0 Å². The molecule has 1 aromatic rings. The molecule has 0 aliphatic heterocycles. The van der Waals surface area contributed by atoms with Crippen molar-refractivity contribution in [1.82, 2.24) is 0 Å². The largest absolute Gasteiger partial charge is 0.286 e. The van der Waals surface area contributed by atoms with Crippen molar-refractivity contribution in [1.29, 1.82) is 0 Å². The highest BCUT2D eigenvalue weighted by atomic mass is 14.8. The third-order valence-corrected chi connectivity index (χ3v) is 6.14. The highest BCUT2D eigenvalue weighted by Crippen LogP contribution is 2.64. The van der Waals surface area contributed by atoms with E-state index in [2.05, 4.69) is 58.0 Å². The zero-order valence-corrected chi connectivity index (χ0v) is 12.6. The van der Waals surface area contributed by atoms with Crippen molar-refractivity contribution in [2.45, 2.75) is 53.0 Å². The molecular weight excluding hydrogens is 230 g/mol. The normalized spacial score (nSPS) is 35.8. The van der Waals surface area contributed by atoms with Gasteiger partial charge in [-0.05, 0) is 43.1 Å². The van der Waals surface area contributed by atoms with E-state index in [-0.39, 0.29) is 0 Å². The number of benzene rings is 1. The van der Waals surface area contributed by atoms with Gasteiger partial charge in [0.15, 0.2) is 0 Å². The molecule has 0 unspecified atom stereocenters. The van der Waals surface area contributed by atoms with Crippen LogP contribution in [0.3, 0.4) is 0 Å². The summed E-state index contributed by atoms with van der Waals surface area (Å²) in [7, 11) is 0. The van der Waals surface area contributed by atoms with Crippen LogP contribution in [-0.2, 0) is 0 Å². The van der Waals surface area contributed by atoms with Gasteiger partial charge >= 0.3 is 0 Å². The zero-order valence-electron chi connectivity index (χ0n) is 12.6. The standard InChI is InChI=1S/C18H25N/c1-13(14-8-6-5-7-9-14)19-16-12-15-10-11-18(16,4)17(15,2)3/h5-9,13,15H,10-12H2,1-4H3/t13-,15+,18-/m0/s1. The van der Waals surface area contributed by atoms with Gasteiger partial charge in [-0.1, -0.05) is 51.1 Å². The fourth-order valence-electron chi connectivity index (χ4n) is 4.16. The molecule has 19 heavy (non-hydrogen) atoms. The molecule has 1 aromatic carbocycles. The second-order valence-electron chi connectivity index (χ2n) is 7.16. The lowest BCUT2D eigenvalue weighted by molar-refractivity contribution is 0.193. The van der Waals surface area contributed by atoms with Crippen molar-refractivity contribution < 1.29 is 0 Å². The van der Waals surface area contributed by atoms with E-state index in [0.717, 1.165) is 5.92 Å². The maximum Gasteiger partial charge on any atom is 0.0720 e. The van der Waals surface area contributed by atoms with E-state index in [1.54, 1.807) is 0 Å². The molecule has 0 heterocycles. The smallest absolute Gasteiger partial charge is 0.0720 e. The number of fused-ring (bicyclic) bond motifs is 2. The molecule has 1 nitrogen and oxygen atoms in total. The predicted molar refractivity (Wildman–Crippen MR) is 81.5 cm³/mol. The van der Waals surface area contributed by atoms with Gasteiger partial charge in [-0.3, -0.25) is 4.99 Å². The Balaban J connectivity index is 1.90. The molecule has 3 rings (SSSR count). The summed E-state index contributed by atoms with van der Waals surface area (Å²) in [6, 6.07) is 11.0. The molecule has 2 aliphatic rings. The van der Waals surface area contributed by atoms with Crippen molar-refractivity contribution in [3.8, 4) is 0 Å². The summed E-state index contributed by atoms with van der Waals surface area (Å²) >= 11 is 0. The highest BCUT2D eigenvalue weighted by molar-refractivity contribution is 5.94. The highest BCUT2D eigenvalue weighted by Gasteiger charge is 2.59. The Hall–Kier alpha value is -1.11. The molecule has 102 valence electrons. The average molecular weight is 255 g/mol. The molecule has 2 fully saturated rings. The van der Waals surface area contributed by atoms with E-state index >= 15 is 0 Å². The molecule has 1 heteroatoms. The second-order valence-corrected chi connectivity index (χ2v) is 7.16. The van der Waals surface area contributed by atoms with Crippen LogP contribution < -0.4 is 0 Å². The number of nitrogens with zero attached hydrogens (tertiary/aromatic N) is 1. The Kier molecular flexibility index (Phi) is 2.85. The topological polar surface area (TPSA) is 12.4 Å². The molecule has 2 bridgehead atoms. The van der Waals surface area contributed by atoms with E-state index in [0.29, 0.717) is 16.9 Å². The number of aliphatic imine (C=N–C) groups is 1. The first-order chi connectivity index (χ1) is 8.95. The average Bonchev–Trinajstić information content (AvgIpc) is 2.73. The van der Waals surface area contributed by atoms with Crippen molar-refractivity contribution in [2.75, 3.05) is 0 Å². The first-order valence-electron chi connectivity index (χ1n) is 7.57. The van der Waals surface area contributed by atoms with E-state index in [1.165, 1.54) is 30.5 Å². The molecule has 0 amide bonds. The summed E-state index contributed by atoms with van der Waals surface area (Å²) in [4.78, 5) is 5.11. The fraction of sp³-hybridized carbons (Fsp3) is 0.611. The van der Waals surface area contributed by atoms with Gasteiger partial charge in [0.2, 0.25) is 0 Å². The van der Waals surface area contributed by atoms with Crippen LogP contribution in [0.15, 0.2) is 35.3 Å². The molecule has 2 aliphatic carbocycles. The Morgan fingerprint density at radius 1 is 1.16 bits per heavy atom. The Bertz CT molecular complexity index is 500. The van der Waals surface area contributed by atoms with E-state index in [1.807, 2.05) is 0 Å². The minimum atomic E-state index is 0.295. The number of hydrogen-bond acceptors (Lipinski definition) is 1. The van der Waals surface area contributed by atoms with Crippen LogP contribution in [-0.4, -0.2) is 5.71 Å². The lowest BCUT2D eigenvalue weighted by Crippen LogP contribution is -2.32.